The summed E-state index contributed by atoms with van der Waals surface area (Å²) in [7, 11) is 0. The molecule has 0 aromatic heterocycles. The second-order valence-electron chi connectivity index (χ2n) is 5.94. The van der Waals surface area contributed by atoms with E-state index in [0.29, 0.717) is 24.0 Å². The largest absolute Gasteiger partial charge is 0.486 e. The zero-order valence-corrected chi connectivity index (χ0v) is 16.5. The van der Waals surface area contributed by atoms with Crippen LogP contribution in [0.2, 0.25) is 5.02 Å². The summed E-state index contributed by atoms with van der Waals surface area (Å²) in [5, 5.41) is 7.24. The van der Waals surface area contributed by atoms with Gasteiger partial charge in [-0.1, -0.05) is 11.6 Å². The third-order valence-corrected chi connectivity index (χ3v) is 4.16. The number of benzene rings is 1. The van der Waals surface area contributed by atoms with Crippen LogP contribution in [0.1, 0.15) is 32.3 Å². The lowest BCUT2D eigenvalue weighted by atomic mass is 10.1. The molecule has 0 spiro atoms. The van der Waals surface area contributed by atoms with Gasteiger partial charge in [0.05, 0.1) is 5.02 Å². The molecule has 0 atom stereocenters. The first kappa shape index (κ1) is 20.6. The van der Waals surface area contributed by atoms with Gasteiger partial charge in [-0.3, -0.25) is 4.99 Å². The number of rotatable bonds is 10. The Bertz CT molecular complexity index is 581. The summed E-state index contributed by atoms with van der Waals surface area (Å²) >= 11 is 6.29. The smallest absolute Gasteiger partial charge is 0.191 e. The molecule has 0 radical (unpaired) electrons. The van der Waals surface area contributed by atoms with E-state index in [4.69, 9.17) is 25.8 Å². The molecule has 26 heavy (non-hydrogen) atoms. The molecular formula is C19H30ClN3O3. The zero-order valence-electron chi connectivity index (χ0n) is 15.8. The van der Waals surface area contributed by atoms with Crippen molar-refractivity contribution in [2.75, 3.05) is 46.1 Å². The lowest BCUT2D eigenvalue weighted by Crippen LogP contribution is -2.38. The first-order chi connectivity index (χ1) is 12.7. The van der Waals surface area contributed by atoms with E-state index in [1.165, 1.54) is 0 Å². The SMILES string of the molecule is CCNC(=NCCCCOCC)NCCc1cc(Cl)c2c(c1)OCCO2. The Labute approximate surface area is 161 Å². The topological polar surface area (TPSA) is 64.1 Å². The van der Waals surface area contributed by atoms with Gasteiger partial charge in [-0.2, -0.15) is 0 Å². The maximum atomic E-state index is 6.29. The number of aliphatic imine (C=N–C) groups is 1. The van der Waals surface area contributed by atoms with Gasteiger partial charge in [-0.05, 0) is 50.8 Å². The van der Waals surface area contributed by atoms with Gasteiger partial charge in [0.1, 0.15) is 13.2 Å². The van der Waals surface area contributed by atoms with Crippen LogP contribution in [0.15, 0.2) is 17.1 Å². The number of fused-ring (bicyclic) bond motifs is 1. The summed E-state index contributed by atoms with van der Waals surface area (Å²) in [5.41, 5.74) is 1.11. The molecule has 1 aromatic carbocycles. The minimum absolute atomic E-state index is 0.542. The third-order valence-electron chi connectivity index (χ3n) is 3.88. The highest BCUT2D eigenvalue weighted by Crippen LogP contribution is 2.38. The average Bonchev–Trinajstić information content (AvgIpc) is 2.64. The molecule has 0 aliphatic carbocycles. The second kappa shape index (κ2) is 11.9. The lowest BCUT2D eigenvalue weighted by Gasteiger charge is -2.20. The van der Waals surface area contributed by atoms with Crippen molar-refractivity contribution in [1.82, 2.24) is 10.6 Å². The molecule has 0 saturated carbocycles. The molecule has 2 rings (SSSR count). The molecule has 0 unspecified atom stereocenters. The van der Waals surface area contributed by atoms with E-state index in [2.05, 4.69) is 22.5 Å². The fourth-order valence-electron chi connectivity index (χ4n) is 2.63. The number of unbranched alkanes of at least 4 members (excludes halogenated alkanes) is 1. The van der Waals surface area contributed by atoms with E-state index >= 15 is 0 Å². The predicted molar refractivity (Wildman–Crippen MR) is 106 cm³/mol. The Morgan fingerprint density at radius 1 is 1.19 bits per heavy atom. The van der Waals surface area contributed by atoms with Crippen molar-refractivity contribution in [3.05, 3.63) is 22.7 Å². The summed E-state index contributed by atoms with van der Waals surface area (Å²) in [6.45, 7) is 9.15. The molecule has 2 N–H and O–H groups in total. The standard InChI is InChI=1S/C19H30ClN3O3/c1-3-21-19(22-8-5-6-10-24-4-2)23-9-7-15-13-16(20)18-17(14-15)25-11-12-26-18/h13-14H,3-12H2,1-2H3,(H2,21,22,23). The Hall–Kier alpha value is -1.66. The van der Waals surface area contributed by atoms with Crippen LogP contribution in [0.4, 0.5) is 0 Å². The Morgan fingerprint density at radius 2 is 2.04 bits per heavy atom. The molecule has 146 valence electrons. The van der Waals surface area contributed by atoms with E-state index in [9.17, 15) is 0 Å². The molecule has 0 fully saturated rings. The quantitative estimate of drug-likeness (QED) is 0.369. The first-order valence-electron chi connectivity index (χ1n) is 9.42. The van der Waals surface area contributed by atoms with Gasteiger partial charge in [0.25, 0.3) is 0 Å². The average molecular weight is 384 g/mol. The fraction of sp³-hybridized carbons (Fsp3) is 0.632. The molecule has 1 aliphatic rings. The number of hydrogen-bond acceptors (Lipinski definition) is 4. The molecule has 0 bridgehead atoms. The van der Waals surface area contributed by atoms with Crippen LogP contribution in [-0.4, -0.2) is 52.0 Å². The maximum Gasteiger partial charge on any atom is 0.191 e. The van der Waals surface area contributed by atoms with Crippen molar-refractivity contribution in [3.63, 3.8) is 0 Å². The van der Waals surface area contributed by atoms with Crippen LogP contribution >= 0.6 is 11.6 Å². The third kappa shape index (κ3) is 6.92. The molecular weight excluding hydrogens is 354 g/mol. The molecule has 0 saturated heterocycles. The summed E-state index contributed by atoms with van der Waals surface area (Å²) in [5.74, 6) is 2.22. The predicted octanol–water partition coefficient (Wildman–Crippen LogP) is 3.03. The van der Waals surface area contributed by atoms with Crippen LogP contribution in [0, 0.1) is 0 Å². The molecule has 7 heteroatoms. The van der Waals surface area contributed by atoms with Crippen molar-refractivity contribution in [3.8, 4) is 11.5 Å². The Balaban J connectivity index is 1.79. The number of nitrogens with one attached hydrogen (secondary N) is 2. The molecule has 0 amide bonds. The van der Waals surface area contributed by atoms with Crippen LogP contribution in [0.3, 0.4) is 0 Å². The number of hydrogen-bond donors (Lipinski definition) is 2. The van der Waals surface area contributed by atoms with Crippen molar-refractivity contribution >= 4 is 17.6 Å². The molecule has 6 nitrogen and oxygen atoms in total. The van der Waals surface area contributed by atoms with E-state index in [1.807, 2.05) is 19.1 Å². The number of nitrogens with zero attached hydrogens (tertiary/aromatic N) is 1. The summed E-state index contributed by atoms with van der Waals surface area (Å²) in [6, 6.07) is 3.94. The highest BCUT2D eigenvalue weighted by Gasteiger charge is 2.16. The van der Waals surface area contributed by atoms with Gasteiger partial charge in [0.2, 0.25) is 0 Å². The normalized spacial score (nSPS) is 13.6. The van der Waals surface area contributed by atoms with Crippen LogP contribution in [0.5, 0.6) is 11.5 Å². The van der Waals surface area contributed by atoms with Crippen molar-refractivity contribution in [2.45, 2.75) is 33.1 Å². The minimum atomic E-state index is 0.542. The minimum Gasteiger partial charge on any atom is -0.486 e. The van der Waals surface area contributed by atoms with E-state index in [-0.39, 0.29) is 0 Å². The van der Waals surface area contributed by atoms with E-state index in [1.54, 1.807) is 0 Å². The van der Waals surface area contributed by atoms with Gasteiger partial charge in [0.15, 0.2) is 17.5 Å². The van der Waals surface area contributed by atoms with Gasteiger partial charge in [-0.25, -0.2) is 0 Å². The van der Waals surface area contributed by atoms with Crippen molar-refractivity contribution in [1.29, 1.82) is 0 Å². The number of halogens is 1. The zero-order chi connectivity index (χ0) is 18.6. The van der Waals surface area contributed by atoms with Crippen LogP contribution < -0.4 is 20.1 Å². The maximum absolute atomic E-state index is 6.29. The molecule has 1 aliphatic heterocycles. The van der Waals surface area contributed by atoms with Gasteiger partial charge >= 0.3 is 0 Å². The van der Waals surface area contributed by atoms with Crippen molar-refractivity contribution in [2.24, 2.45) is 4.99 Å². The highest BCUT2D eigenvalue weighted by molar-refractivity contribution is 6.32. The Morgan fingerprint density at radius 3 is 2.85 bits per heavy atom. The Kier molecular flexibility index (Phi) is 9.42. The van der Waals surface area contributed by atoms with E-state index in [0.717, 1.165) is 69.4 Å². The molecule has 1 aromatic rings. The van der Waals surface area contributed by atoms with Crippen LogP contribution in [0.25, 0.3) is 0 Å². The highest BCUT2D eigenvalue weighted by atomic mass is 35.5. The van der Waals surface area contributed by atoms with E-state index < -0.39 is 0 Å². The lowest BCUT2D eigenvalue weighted by molar-refractivity contribution is 0.144. The van der Waals surface area contributed by atoms with Crippen LogP contribution in [-0.2, 0) is 11.2 Å². The number of guanidine groups is 1. The number of ether oxygens (including phenoxy) is 3. The summed E-state index contributed by atoms with van der Waals surface area (Å²) < 4.78 is 16.5. The monoisotopic (exact) mass is 383 g/mol. The van der Waals surface area contributed by atoms with Gasteiger partial charge in [0, 0.05) is 32.8 Å². The van der Waals surface area contributed by atoms with Gasteiger partial charge in [-0.15, -0.1) is 0 Å². The fourth-order valence-corrected chi connectivity index (χ4v) is 2.91. The van der Waals surface area contributed by atoms with Crippen molar-refractivity contribution < 1.29 is 14.2 Å². The summed E-state index contributed by atoms with van der Waals surface area (Å²) in [6.07, 6.45) is 2.88. The van der Waals surface area contributed by atoms with Gasteiger partial charge < -0.3 is 24.8 Å². The first-order valence-corrected chi connectivity index (χ1v) is 9.80. The molecule has 1 heterocycles. The second-order valence-corrected chi connectivity index (χ2v) is 6.35. The summed E-state index contributed by atoms with van der Waals surface area (Å²) in [4.78, 5) is 4.60.